The van der Waals surface area contributed by atoms with Crippen LogP contribution in [0.15, 0.2) is 0 Å². The number of likely N-dealkylation sites (tertiary alicyclic amines) is 1. The average Bonchev–Trinajstić information content (AvgIpc) is 2.97. The van der Waals surface area contributed by atoms with E-state index in [9.17, 15) is 0 Å². The molecule has 0 spiro atoms. The van der Waals surface area contributed by atoms with Gasteiger partial charge in [0.25, 0.3) is 0 Å². The molecule has 0 radical (unpaired) electrons. The maximum absolute atomic E-state index is 5.93. The van der Waals surface area contributed by atoms with Crippen LogP contribution < -0.4 is 0 Å². The molecular formula is C16H27N3O. The highest BCUT2D eigenvalue weighted by Crippen LogP contribution is 2.36. The smallest absolute Gasteiger partial charge is 0.0702 e. The van der Waals surface area contributed by atoms with Crippen LogP contribution in [0.5, 0.6) is 0 Å². The zero-order chi connectivity index (χ0) is 14.1. The van der Waals surface area contributed by atoms with Crippen molar-refractivity contribution in [1.82, 2.24) is 14.7 Å². The van der Waals surface area contributed by atoms with Crippen molar-refractivity contribution >= 4 is 0 Å². The molecule has 0 amide bonds. The first-order valence-electron chi connectivity index (χ1n) is 8.02. The van der Waals surface area contributed by atoms with Gasteiger partial charge in [-0.3, -0.25) is 9.58 Å². The second kappa shape index (κ2) is 5.86. The molecule has 2 atom stereocenters. The number of ether oxygens (including phenoxy) is 1. The van der Waals surface area contributed by atoms with Crippen LogP contribution in [-0.4, -0.2) is 40.5 Å². The third-order valence-corrected chi connectivity index (χ3v) is 4.97. The van der Waals surface area contributed by atoms with E-state index in [0.717, 1.165) is 13.2 Å². The summed E-state index contributed by atoms with van der Waals surface area (Å²) in [5.74, 6) is 0. The van der Waals surface area contributed by atoms with Crippen molar-refractivity contribution in [1.29, 1.82) is 0 Å². The molecular weight excluding hydrogens is 250 g/mol. The van der Waals surface area contributed by atoms with Gasteiger partial charge in [0.1, 0.15) is 0 Å². The molecule has 0 aliphatic carbocycles. The molecule has 0 bridgehead atoms. The fraction of sp³-hybridized carbons (Fsp3) is 0.812. The molecule has 20 heavy (non-hydrogen) atoms. The summed E-state index contributed by atoms with van der Waals surface area (Å²) < 4.78 is 7.95. The van der Waals surface area contributed by atoms with E-state index in [1.807, 2.05) is 4.68 Å². The highest BCUT2D eigenvalue weighted by Gasteiger charge is 2.32. The maximum atomic E-state index is 5.93. The molecule has 2 fully saturated rings. The fourth-order valence-electron chi connectivity index (χ4n) is 3.86. The largest absolute Gasteiger partial charge is 0.377 e. The van der Waals surface area contributed by atoms with Crippen molar-refractivity contribution in [2.75, 3.05) is 19.7 Å². The molecule has 4 nitrogen and oxygen atoms in total. The van der Waals surface area contributed by atoms with Crippen LogP contribution in [0.2, 0.25) is 0 Å². The predicted octanol–water partition coefficient (Wildman–Crippen LogP) is 2.74. The van der Waals surface area contributed by atoms with E-state index in [1.165, 1.54) is 55.6 Å². The number of aryl methyl sites for hydroxylation is 2. The molecule has 1 aromatic rings. The molecule has 3 heterocycles. The third-order valence-electron chi connectivity index (χ3n) is 4.97. The Morgan fingerprint density at radius 1 is 1.20 bits per heavy atom. The highest BCUT2D eigenvalue weighted by molar-refractivity contribution is 5.29. The minimum atomic E-state index is 0.446. The monoisotopic (exact) mass is 277 g/mol. The topological polar surface area (TPSA) is 30.3 Å². The van der Waals surface area contributed by atoms with Crippen LogP contribution >= 0.6 is 0 Å². The molecule has 3 rings (SSSR count). The van der Waals surface area contributed by atoms with Gasteiger partial charge in [-0.2, -0.15) is 5.10 Å². The van der Waals surface area contributed by atoms with Gasteiger partial charge in [-0.15, -0.1) is 0 Å². The Bertz CT molecular complexity index is 463. The summed E-state index contributed by atoms with van der Waals surface area (Å²) in [6, 6.07) is 0.550. The second-order valence-electron chi connectivity index (χ2n) is 6.35. The lowest BCUT2D eigenvalue weighted by atomic mass is 10.0. The lowest BCUT2D eigenvalue weighted by Gasteiger charge is -2.31. The minimum Gasteiger partial charge on any atom is -0.377 e. The Morgan fingerprint density at radius 2 is 2.05 bits per heavy atom. The van der Waals surface area contributed by atoms with Crippen LogP contribution in [0.4, 0.5) is 0 Å². The zero-order valence-electron chi connectivity index (χ0n) is 13.1. The van der Waals surface area contributed by atoms with Gasteiger partial charge in [-0.1, -0.05) is 0 Å². The van der Waals surface area contributed by atoms with Crippen LogP contribution in [0, 0.1) is 13.8 Å². The van der Waals surface area contributed by atoms with Gasteiger partial charge >= 0.3 is 0 Å². The lowest BCUT2D eigenvalue weighted by Crippen LogP contribution is -2.35. The van der Waals surface area contributed by atoms with Gasteiger partial charge in [-0.25, -0.2) is 0 Å². The van der Waals surface area contributed by atoms with Crippen LogP contribution in [-0.2, 0) is 11.8 Å². The Kier molecular flexibility index (Phi) is 4.13. The summed E-state index contributed by atoms with van der Waals surface area (Å²) in [6.45, 7) is 7.60. The quantitative estimate of drug-likeness (QED) is 0.851. The summed E-state index contributed by atoms with van der Waals surface area (Å²) in [6.07, 6.45) is 6.80. The second-order valence-corrected chi connectivity index (χ2v) is 6.35. The summed E-state index contributed by atoms with van der Waals surface area (Å²) in [7, 11) is 2.05. The zero-order valence-corrected chi connectivity index (χ0v) is 13.1. The summed E-state index contributed by atoms with van der Waals surface area (Å²) in [5, 5.41) is 4.60. The molecule has 0 unspecified atom stereocenters. The molecule has 2 saturated heterocycles. The van der Waals surface area contributed by atoms with E-state index in [-0.39, 0.29) is 0 Å². The standard InChI is InChI=1S/C16H27N3O/c1-12-16(13(2)18(3)17-12)15-8-6-9-19(15)11-14-7-4-5-10-20-14/h14-15H,4-11H2,1-3H3/t14-,15-/m0/s1. The number of rotatable bonds is 3. The van der Waals surface area contributed by atoms with Crippen LogP contribution in [0.3, 0.4) is 0 Å². The van der Waals surface area contributed by atoms with E-state index < -0.39 is 0 Å². The number of nitrogens with zero attached hydrogens (tertiary/aromatic N) is 3. The van der Waals surface area contributed by atoms with Crippen LogP contribution in [0.1, 0.15) is 55.1 Å². The number of aromatic nitrogens is 2. The number of hydrogen-bond donors (Lipinski definition) is 0. The summed E-state index contributed by atoms with van der Waals surface area (Å²) in [4.78, 5) is 2.63. The van der Waals surface area contributed by atoms with Gasteiger partial charge in [0, 0.05) is 37.5 Å². The van der Waals surface area contributed by atoms with Crippen molar-refractivity contribution in [2.45, 2.75) is 58.1 Å². The Hall–Kier alpha value is -0.870. The Balaban J connectivity index is 1.74. The third kappa shape index (κ3) is 2.63. The van der Waals surface area contributed by atoms with Gasteiger partial charge in [-0.05, 0) is 52.5 Å². The van der Waals surface area contributed by atoms with Gasteiger partial charge in [0.2, 0.25) is 0 Å². The van der Waals surface area contributed by atoms with Gasteiger partial charge in [0.15, 0.2) is 0 Å². The molecule has 0 aromatic carbocycles. The highest BCUT2D eigenvalue weighted by atomic mass is 16.5. The number of hydrogen-bond acceptors (Lipinski definition) is 3. The van der Waals surface area contributed by atoms with Crippen molar-refractivity contribution in [3.63, 3.8) is 0 Å². The van der Waals surface area contributed by atoms with E-state index in [4.69, 9.17) is 4.74 Å². The maximum Gasteiger partial charge on any atom is 0.0702 e. The van der Waals surface area contributed by atoms with E-state index in [1.54, 1.807) is 0 Å². The lowest BCUT2D eigenvalue weighted by molar-refractivity contribution is -0.00814. The van der Waals surface area contributed by atoms with Crippen molar-refractivity contribution < 1.29 is 4.74 Å². The summed E-state index contributed by atoms with van der Waals surface area (Å²) in [5.41, 5.74) is 3.98. The SMILES string of the molecule is Cc1nn(C)c(C)c1[C@@H]1CCCN1C[C@@H]1CCCCO1. The first-order chi connectivity index (χ1) is 9.66. The molecule has 1 aromatic heterocycles. The Labute approximate surface area is 122 Å². The summed E-state index contributed by atoms with van der Waals surface area (Å²) >= 11 is 0. The van der Waals surface area contributed by atoms with Crippen molar-refractivity contribution in [3.05, 3.63) is 17.0 Å². The minimum absolute atomic E-state index is 0.446. The molecule has 4 heteroatoms. The predicted molar refractivity (Wildman–Crippen MR) is 79.8 cm³/mol. The molecule has 2 aliphatic heterocycles. The normalized spacial score (nSPS) is 28.1. The average molecular weight is 277 g/mol. The van der Waals surface area contributed by atoms with Crippen LogP contribution in [0.25, 0.3) is 0 Å². The fourth-order valence-corrected chi connectivity index (χ4v) is 3.86. The molecule has 2 aliphatic rings. The molecule has 0 saturated carbocycles. The Morgan fingerprint density at radius 3 is 2.70 bits per heavy atom. The first kappa shape index (κ1) is 14.1. The molecule has 112 valence electrons. The van der Waals surface area contributed by atoms with E-state index in [2.05, 4.69) is 30.9 Å². The molecule has 0 N–H and O–H groups in total. The van der Waals surface area contributed by atoms with E-state index >= 15 is 0 Å². The van der Waals surface area contributed by atoms with Crippen molar-refractivity contribution in [3.8, 4) is 0 Å². The first-order valence-corrected chi connectivity index (χ1v) is 8.02. The van der Waals surface area contributed by atoms with Gasteiger partial charge in [0.05, 0.1) is 11.8 Å². The van der Waals surface area contributed by atoms with Gasteiger partial charge < -0.3 is 4.74 Å². The van der Waals surface area contributed by atoms with E-state index in [0.29, 0.717) is 12.1 Å². The van der Waals surface area contributed by atoms with Crippen molar-refractivity contribution in [2.24, 2.45) is 7.05 Å².